The molecule has 6 heteroatoms. The molecule has 0 aromatic heterocycles. The first-order chi connectivity index (χ1) is 8.75. The quantitative estimate of drug-likeness (QED) is 0.623. The minimum absolute atomic E-state index is 0.00856. The molecule has 0 spiro atoms. The monoisotopic (exact) mass is 268 g/mol. The van der Waals surface area contributed by atoms with E-state index in [4.69, 9.17) is 0 Å². The van der Waals surface area contributed by atoms with Crippen molar-refractivity contribution in [1.29, 1.82) is 0 Å². The van der Waals surface area contributed by atoms with E-state index in [1.807, 2.05) is 20.8 Å². The Balaban J connectivity index is 3.01. The van der Waals surface area contributed by atoms with E-state index >= 15 is 0 Å². The van der Waals surface area contributed by atoms with Crippen LogP contribution in [0.25, 0.3) is 0 Å². The molecule has 1 aromatic carbocycles. The van der Waals surface area contributed by atoms with Gasteiger partial charge in [0.25, 0.3) is 5.91 Å². The maximum absolute atomic E-state index is 13.5. The van der Waals surface area contributed by atoms with Gasteiger partial charge in [0, 0.05) is 24.7 Å². The third-order valence-electron chi connectivity index (χ3n) is 3.29. The van der Waals surface area contributed by atoms with Crippen molar-refractivity contribution in [2.75, 3.05) is 7.05 Å². The smallest absolute Gasteiger partial charge is 0.304 e. The number of rotatable bonds is 4. The SMILES string of the molecule is CC(C)C(C)N(C)C(=O)c1ccc([N+](=O)[O-])c(F)c1. The molecule has 1 aromatic rings. The average molecular weight is 268 g/mol. The summed E-state index contributed by atoms with van der Waals surface area (Å²) in [4.78, 5) is 23.3. The summed E-state index contributed by atoms with van der Waals surface area (Å²) in [5.41, 5.74) is -0.519. The topological polar surface area (TPSA) is 63.5 Å². The Bertz CT molecular complexity index is 503. The van der Waals surface area contributed by atoms with Gasteiger partial charge in [-0.2, -0.15) is 4.39 Å². The molecule has 5 nitrogen and oxygen atoms in total. The molecule has 0 aliphatic carbocycles. The normalized spacial score (nSPS) is 12.3. The fourth-order valence-electron chi connectivity index (χ4n) is 1.62. The molecule has 1 amide bonds. The van der Waals surface area contributed by atoms with Crippen LogP contribution in [0.1, 0.15) is 31.1 Å². The molecule has 0 saturated carbocycles. The van der Waals surface area contributed by atoms with Crippen LogP contribution in [-0.2, 0) is 0 Å². The molecule has 0 aliphatic rings. The van der Waals surface area contributed by atoms with Gasteiger partial charge in [0.2, 0.25) is 5.82 Å². The molecule has 0 aliphatic heterocycles. The van der Waals surface area contributed by atoms with Gasteiger partial charge in [0.15, 0.2) is 0 Å². The summed E-state index contributed by atoms with van der Waals surface area (Å²) in [6.45, 7) is 5.85. The molecule has 0 fully saturated rings. The molecule has 1 atom stereocenters. The van der Waals surface area contributed by atoms with Crippen LogP contribution >= 0.6 is 0 Å². The number of nitrogens with zero attached hydrogens (tertiary/aromatic N) is 2. The Morgan fingerprint density at radius 2 is 1.95 bits per heavy atom. The Morgan fingerprint density at radius 1 is 1.37 bits per heavy atom. The highest BCUT2D eigenvalue weighted by molar-refractivity contribution is 5.94. The molecular weight excluding hydrogens is 251 g/mol. The molecule has 19 heavy (non-hydrogen) atoms. The van der Waals surface area contributed by atoms with Crippen LogP contribution in [0.5, 0.6) is 0 Å². The lowest BCUT2D eigenvalue weighted by atomic mass is 10.0. The second-order valence-corrected chi connectivity index (χ2v) is 4.82. The van der Waals surface area contributed by atoms with Crippen LogP contribution in [-0.4, -0.2) is 28.8 Å². The highest BCUT2D eigenvalue weighted by atomic mass is 19.1. The van der Waals surface area contributed by atoms with E-state index in [0.29, 0.717) is 0 Å². The number of carbonyl (C=O) groups excluding carboxylic acids is 1. The predicted molar refractivity (Wildman–Crippen MR) is 69.4 cm³/mol. The minimum atomic E-state index is -0.999. The van der Waals surface area contributed by atoms with E-state index in [-0.39, 0.29) is 23.4 Å². The van der Waals surface area contributed by atoms with Crippen LogP contribution in [0.2, 0.25) is 0 Å². The van der Waals surface area contributed by atoms with Crippen molar-refractivity contribution in [2.24, 2.45) is 5.92 Å². The van der Waals surface area contributed by atoms with Gasteiger partial charge < -0.3 is 4.90 Å². The Kier molecular flexibility index (Phi) is 4.58. The van der Waals surface area contributed by atoms with E-state index in [9.17, 15) is 19.3 Å². The molecule has 1 rings (SSSR count). The van der Waals surface area contributed by atoms with Crippen molar-refractivity contribution < 1.29 is 14.1 Å². The third-order valence-corrected chi connectivity index (χ3v) is 3.29. The summed E-state index contributed by atoms with van der Waals surface area (Å²) >= 11 is 0. The van der Waals surface area contributed by atoms with Gasteiger partial charge in [-0.25, -0.2) is 0 Å². The number of nitro benzene ring substituents is 1. The lowest BCUT2D eigenvalue weighted by Gasteiger charge is -2.28. The largest absolute Gasteiger partial charge is 0.339 e. The molecule has 0 radical (unpaired) electrons. The second kappa shape index (κ2) is 5.77. The van der Waals surface area contributed by atoms with Crippen molar-refractivity contribution in [3.8, 4) is 0 Å². The highest BCUT2D eigenvalue weighted by Gasteiger charge is 2.22. The van der Waals surface area contributed by atoms with Crippen LogP contribution in [0.4, 0.5) is 10.1 Å². The van der Waals surface area contributed by atoms with Crippen LogP contribution in [0.3, 0.4) is 0 Å². The number of carbonyl (C=O) groups is 1. The minimum Gasteiger partial charge on any atom is -0.339 e. The Hall–Kier alpha value is -1.98. The van der Waals surface area contributed by atoms with E-state index < -0.39 is 16.4 Å². The zero-order valence-corrected chi connectivity index (χ0v) is 11.4. The summed E-state index contributed by atoms with van der Waals surface area (Å²) < 4.78 is 13.5. The van der Waals surface area contributed by atoms with Gasteiger partial charge >= 0.3 is 5.69 Å². The zero-order valence-electron chi connectivity index (χ0n) is 11.4. The van der Waals surface area contributed by atoms with Crippen molar-refractivity contribution >= 4 is 11.6 Å². The molecule has 0 heterocycles. The van der Waals surface area contributed by atoms with Gasteiger partial charge in [0.05, 0.1) is 4.92 Å². The third kappa shape index (κ3) is 3.27. The van der Waals surface area contributed by atoms with Crippen molar-refractivity contribution in [2.45, 2.75) is 26.8 Å². The number of hydrogen-bond acceptors (Lipinski definition) is 3. The molecule has 0 bridgehead atoms. The maximum Gasteiger partial charge on any atom is 0.304 e. The van der Waals surface area contributed by atoms with Gasteiger partial charge in [-0.3, -0.25) is 14.9 Å². The summed E-state index contributed by atoms with van der Waals surface area (Å²) in [6, 6.07) is 3.18. The van der Waals surface area contributed by atoms with Gasteiger partial charge in [-0.05, 0) is 25.0 Å². The summed E-state index contributed by atoms with van der Waals surface area (Å²) in [6.07, 6.45) is 0. The average Bonchev–Trinajstić information content (AvgIpc) is 2.35. The first-order valence-corrected chi connectivity index (χ1v) is 5.96. The second-order valence-electron chi connectivity index (χ2n) is 4.82. The summed E-state index contributed by atoms with van der Waals surface area (Å²) in [5.74, 6) is -1.09. The number of halogens is 1. The van der Waals surface area contributed by atoms with Crippen LogP contribution in [0.15, 0.2) is 18.2 Å². The van der Waals surface area contributed by atoms with Gasteiger partial charge in [-0.15, -0.1) is 0 Å². The van der Waals surface area contributed by atoms with Crippen molar-refractivity contribution in [3.05, 3.63) is 39.7 Å². The van der Waals surface area contributed by atoms with E-state index in [1.54, 1.807) is 7.05 Å². The first-order valence-electron chi connectivity index (χ1n) is 5.96. The number of hydrogen-bond donors (Lipinski definition) is 0. The standard InChI is InChI=1S/C13H17FN2O3/c1-8(2)9(3)15(4)13(17)10-5-6-12(16(18)19)11(14)7-10/h5-9H,1-4H3. The molecule has 1 unspecified atom stereocenters. The summed E-state index contributed by atoms with van der Waals surface area (Å²) in [7, 11) is 1.63. The number of nitro groups is 1. The number of amides is 1. The lowest BCUT2D eigenvalue weighted by molar-refractivity contribution is -0.387. The lowest BCUT2D eigenvalue weighted by Crippen LogP contribution is -2.38. The van der Waals surface area contributed by atoms with Gasteiger partial charge in [0.1, 0.15) is 0 Å². The molecular formula is C13H17FN2O3. The predicted octanol–water partition coefficient (Wildman–Crippen LogP) is 2.85. The van der Waals surface area contributed by atoms with E-state index in [2.05, 4.69) is 0 Å². The summed E-state index contributed by atoms with van der Waals surface area (Å²) in [5, 5.41) is 10.5. The highest BCUT2D eigenvalue weighted by Crippen LogP contribution is 2.20. The Morgan fingerprint density at radius 3 is 2.37 bits per heavy atom. The van der Waals surface area contributed by atoms with Crippen LogP contribution < -0.4 is 0 Å². The van der Waals surface area contributed by atoms with Crippen molar-refractivity contribution in [3.63, 3.8) is 0 Å². The van der Waals surface area contributed by atoms with Crippen molar-refractivity contribution in [1.82, 2.24) is 4.90 Å². The maximum atomic E-state index is 13.5. The number of benzene rings is 1. The molecule has 104 valence electrons. The van der Waals surface area contributed by atoms with E-state index in [1.165, 1.54) is 11.0 Å². The zero-order chi connectivity index (χ0) is 14.7. The van der Waals surface area contributed by atoms with Crippen LogP contribution in [0, 0.1) is 21.8 Å². The molecule has 0 N–H and O–H groups in total. The van der Waals surface area contributed by atoms with E-state index in [0.717, 1.165) is 12.1 Å². The Labute approximate surface area is 111 Å². The molecule has 0 saturated heterocycles. The fraction of sp³-hybridized carbons (Fsp3) is 0.462. The first kappa shape index (κ1) is 15.1. The van der Waals surface area contributed by atoms with Gasteiger partial charge in [-0.1, -0.05) is 13.8 Å². The fourth-order valence-corrected chi connectivity index (χ4v) is 1.62.